The number of carboxylic acid groups (broad SMARTS) is 1. The van der Waals surface area contributed by atoms with Crippen molar-refractivity contribution in [1.29, 1.82) is 0 Å². The molecule has 0 amide bonds. The van der Waals surface area contributed by atoms with E-state index in [1.165, 1.54) is 34.2 Å². The lowest BCUT2D eigenvalue weighted by Gasteiger charge is -2.26. The molecule has 2 heteroatoms. The summed E-state index contributed by atoms with van der Waals surface area (Å²) in [6.45, 7) is 13.6. The maximum absolute atomic E-state index is 10.5. The smallest absolute Gasteiger partial charge is 0.328 e. The van der Waals surface area contributed by atoms with E-state index in [1.807, 2.05) is 6.08 Å². The van der Waals surface area contributed by atoms with Crippen LogP contribution < -0.4 is 0 Å². The molecule has 1 aromatic rings. The van der Waals surface area contributed by atoms with Gasteiger partial charge in [-0.2, -0.15) is 0 Å². The Morgan fingerprint density at radius 1 is 1.16 bits per heavy atom. The summed E-state index contributed by atoms with van der Waals surface area (Å²) in [7, 11) is 0. The minimum Gasteiger partial charge on any atom is -0.478 e. The third kappa shape index (κ3) is 4.50. The molecule has 1 aliphatic rings. The van der Waals surface area contributed by atoms with Gasteiger partial charge in [0.15, 0.2) is 0 Å². The molecule has 0 fully saturated rings. The molecule has 0 unspecified atom stereocenters. The first-order valence-electron chi connectivity index (χ1n) is 8.95. The highest BCUT2D eigenvalue weighted by Crippen LogP contribution is 2.43. The first kappa shape index (κ1) is 19.2. The molecule has 0 aliphatic heterocycles. The summed E-state index contributed by atoms with van der Waals surface area (Å²) in [5.74, 6) is -0.928. The van der Waals surface area contributed by atoms with Crippen LogP contribution >= 0.6 is 0 Å². The molecule has 0 aromatic heterocycles. The van der Waals surface area contributed by atoms with Gasteiger partial charge in [-0.3, -0.25) is 0 Å². The van der Waals surface area contributed by atoms with Crippen molar-refractivity contribution >= 4 is 11.5 Å². The van der Waals surface area contributed by atoms with Gasteiger partial charge in [-0.15, -0.1) is 0 Å². The van der Waals surface area contributed by atoms with Gasteiger partial charge in [0.25, 0.3) is 0 Å². The zero-order valence-corrected chi connectivity index (χ0v) is 16.3. The van der Waals surface area contributed by atoms with Crippen molar-refractivity contribution in [2.75, 3.05) is 0 Å². The highest BCUT2D eigenvalue weighted by Gasteiger charge is 2.33. The third-order valence-corrected chi connectivity index (χ3v) is 5.08. The average molecular weight is 338 g/mol. The molecule has 1 aromatic carbocycles. The number of hydrogen-bond donors (Lipinski definition) is 1. The third-order valence-electron chi connectivity index (χ3n) is 5.08. The van der Waals surface area contributed by atoms with Gasteiger partial charge >= 0.3 is 5.97 Å². The number of carboxylic acids is 1. The van der Waals surface area contributed by atoms with E-state index in [0.29, 0.717) is 0 Å². The van der Waals surface area contributed by atoms with E-state index < -0.39 is 5.97 Å². The highest BCUT2D eigenvalue weighted by molar-refractivity contribution is 5.80. The second kappa shape index (κ2) is 7.03. The number of benzene rings is 1. The molecule has 0 heterocycles. The Morgan fingerprint density at radius 3 is 2.44 bits per heavy atom. The van der Waals surface area contributed by atoms with Crippen molar-refractivity contribution in [3.63, 3.8) is 0 Å². The van der Waals surface area contributed by atoms with Crippen LogP contribution in [0.25, 0.3) is 5.57 Å². The molecule has 0 atom stereocenters. The molecule has 2 rings (SSSR count). The fraction of sp³-hybridized carbons (Fsp3) is 0.435. The summed E-state index contributed by atoms with van der Waals surface area (Å²) < 4.78 is 0. The molecule has 25 heavy (non-hydrogen) atoms. The van der Waals surface area contributed by atoms with E-state index in [0.717, 1.165) is 12.5 Å². The van der Waals surface area contributed by atoms with Gasteiger partial charge in [-0.05, 0) is 58.4 Å². The van der Waals surface area contributed by atoms with Gasteiger partial charge in [0.05, 0.1) is 0 Å². The van der Waals surface area contributed by atoms with Crippen LogP contribution in [0.3, 0.4) is 0 Å². The van der Waals surface area contributed by atoms with Crippen molar-refractivity contribution in [2.45, 2.75) is 65.2 Å². The first-order chi connectivity index (χ1) is 11.5. The van der Waals surface area contributed by atoms with Gasteiger partial charge in [0.1, 0.15) is 0 Å². The van der Waals surface area contributed by atoms with Crippen molar-refractivity contribution in [2.24, 2.45) is 0 Å². The van der Waals surface area contributed by atoms with E-state index >= 15 is 0 Å². The van der Waals surface area contributed by atoms with E-state index in [-0.39, 0.29) is 10.8 Å². The van der Waals surface area contributed by atoms with Crippen molar-refractivity contribution in [3.05, 3.63) is 64.8 Å². The van der Waals surface area contributed by atoms with Crippen LogP contribution in [-0.2, 0) is 22.0 Å². The van der Waals surface area contributed by atoms with Gasteiger partial charge in [0.2, 0.25) is 0 Å². The Bertz CT molecular complexity index is 753. The predicted molar refractivity (Wildman–Crippen MR) is 106 cm³/mol. The van der Waals surface area contributed by atoms with Crippen LogP contribution in [0.5, 0.6) is 0 Å². The number of allylic oxidation sites excluding steroid dienone is 5. The number of rotatable bonds is 4. The summed E-state index contributed by atoms with van der Waals surface area (Å²) in [6, 6.07) is 4.75. The fourth-order valence-electron chi connectivity index (χ4n) is 3.39. The summed E-state index contributed by atoms with van der Waals surface area (Å²) >= 11 is 0. The number of hydrogen-bond acceptors (Lipinski definition) is 1. The molecule has 0 bridgehead atoms. The van der Waals surface area contributed by atoms with E-state index in [9.17, 15) is 4.79 Å². The molecule has 1 aliphatic carbocycles. The lowest BCUT2D eigenvalue weighted by atomic mass is 9.79. The molecule has 0 spiro atoms. The molecular formula is C23H30O2. The maximum atomic E-state index is 10.5. The van der Waals surface area contributed by atoms with Gasteiger partial charge in [0, 0.05) is 6.08 Å². The lowest BCUT2D eigenvalue weighted by Crippen LogP contribution is -2.17. The van der Waals surface area contributed by atoms with Crippen LogP contribution in [0.2, 0.25) is 0 Å². The van der Waals surface area contributed by atoms with Gasteiger partial charge < -0.3 is 5.11 Å². The predicted octanol–water partition coefficient (Wildman–Crippen LogP) is 5.81. The zero-order chi connectivity index (χ0) is 18.8. The van der Waals surface area contributed by atoms with Crippen molar-refractivity contribution in [1.82, 2.24) is 0 Å². The quantitative estimate of drug-likeness (QED) is 0.556. The molecule has 0 saturated heterocycles. The summed E-state index contributed by atoms with van der Waals surface area (Å²) in [4.78, 5) is 10.5. The topological polar surface area (TPSA) is 37.3 Å². The zero-order valence-electron chi connectivity index (χ0n) is 16.3. The monoisotopic (exact) mass is 338 g/mol. The Morgan fingerprint density at radius 2 is 1.84 bits per heavy atom. The van der Waals surface area contributed by atoms with Crippen molar-refractivity contribution in [3.8, 4) is 0 Å². The van der Waals surface area contributed by atoms with Gasteiger partial charge in [-0.25, -0.2) is 4.79 Å². The van der Waals surface area contributed by atoms with Crippen LogP contribution in [0.4, 0.5) is 0 Å². The summed E-state index contributed by atoms with van der Waals surface area (Å²) in [5.41, 5.74) is 7.23. The molecule has 0 saturated carbocycles. The van der Waals surface area contributed by atoms with E-state index in [4.69, 9.17) is 5.11 Å². The minimum atomic E-state index is -0.928. The maximum Gasteiger partial charge on any atom is 0.328 e. The van der Waals surface area contributed by atoms with Crippen LogP contribution in [0.15, 0.2) is 42.5 Å². The second-order valence-electron chi connectivity index (χ2n) is 8.62. The fourth-order valence-corrected chi connectivity index (χ4v) is 3.39. The highest BCUT2D eigenvalue weighted by atomic mass is 16.4. The molecule has 134 valence electrons. The standard InChI is InChI=1S/C23H30O2/c1-16(10-8-7-9-11-21(24)25)19-14-17(22(2,3)4)15-20-18(19)12-13-23(20,5)6/h7-11,14-15H,12-13H2,1-6H3,(H,24,25)/b8-7+,11-9+,16-10-. The van der Waals surface area contributed by atoms with Crippen molar-refractivity contribution < 1.29 is 9.90 Å². The van der Waals surface area contributed by atoms with Gasteiger partial charge in [-0.1, -0.05) is 71.1 Å². The SMILES string of the molecule is C/C(=C/C=C/C=C/C(=O)O)c1cc(C(C)(C)C)cc2c1CCC2(C)C. The Labute approximate surface area is 152 Å². The summed E-state index contributed by atoms with van der Waals surface area (Å²) in [6.07, 6.45) is 10.7. The number of aliphatic carboxylic acids is 1. The largest absolute Gasteiger partial charge is 0.478 e. The Kier molecular flexibility index (Phi) is 5.41. The van der Waals surface area contributed by atoms with E-state index in [2.05, 4.69) is 59.8 Å². The van der Waals surface area contributed by atoms with Crippen LogP contribution in [0, 0.1) is 0 Å². The number of fused-ring (bicyclic) bond motifs is 1. The minimum absolute atomic E-state index is 0.114. The lowest BCUT2D eigenvalue weighted by molar-refractivity contribution is -0.131. The first-order valence-corrected chi connectivity index (χ1v) is 8.95. The second-order valence-corrected chi connectivity index (χ2v) is 8.62. The Balaban J connectivity index is 2.47. The summed E-state index contributed by atoms with van der Waals surface area (Å²) in [5, 5.41) is 8.63. The normalized spacial score (nSPS) is 17.4. The Hall–Kier alpha value is -2.09. The van der Waals surface area contributed by atoms with Crippen LogP contribution in [-0.4, -0.2) is 11.1 Å². The number of carbonyl (C=O) groups is 1. The molecule has 0 radical (unpaired) electrons. The molecular weight excluding hydrogens is 308 g/mol. The van der Waals surface area contributed by atoms with Crippen LogP contribution in [0.1, 0.15) is 70.2 Å². The molecule has 1 N–H and O–H groups in total. The molecule has 2 nitrogen and oxygen atoms in total. The van der Waals surface area contributed by atoms with E-state index in [1.54, 1.807) is 12.2 Å². The average Bonchev–Trinajstić information content (AvgIpc) is 2.80.